The van der Waals surface area contributed by atoms with Crippen molar-refractivity contribution in [1.82, 2.24) is 24.4 Å². The van der Waals surface area contributed by atoms with Crippen LogP contribution in [0, 0.1) is 11.2 Å². The van der Waals surface area contributed by atoms with Crippen LogP contribution in [-0.4, -0.2) is 31.3 Å². The monoisotopic (exact) mass is 404 g/mol. The number of carbonyl (C=O) groups is 1. The maximum atomic E-state index is 13.7. The zero-order chi connectivity index (χ0) is 21.1. The first-order valence-corrected chi connectivity index (χ1v) is 9.66. The largest absolute Gasteiger partial charge is 0.326 e. The van der Waals surface area contributed by atoms with E-state index in [1.54, 1.807) is 18.3 Å². The minimum Gasteiger partial charge on any atom is -0.326 e. The molecule has 0 unspecified atom stereocenters. The molecule has 2 aromatic heterocycles. The molecule has 0 bridgehead atoms. The second-order valence-electron chi connectivity index (χ2n) is 6.91. The molecule has 0 saturated heterocycles. The van der Waals surface area contributed by atoms with E-state index in [0.29, 0.717) is 29.9 Å². The number of aryl methyl sites for hydroxylation is 1. The van der Waals surface area contributed by atoms with Gasteiger partial charge in [-0.3, -0.25) is 10.2 Å². The number of aromatic nitrogens is 4. The summed E-state index contributed by atoms with van der Waals surface area (Å²) in [6.07, 6.45) is 4.95. The van der Waals surface area contributed by atoms with Crippen LogP contribution in [0.1, 0.15) is 24.7 Å². The van der Waals surface area contributed by atoms with Crippen LogP contribution in [0.2, 0.25) is 0 Å². The van der Waals surface area contributed by atoms with Crippen LogP contribution in [0.5, 0.6) is 0 Å². The van der Waals surface area contributed by atoms with Crippen molar-refractivity contribution in [3.63, 3.8) is 0 Å². The molecule has 0 fully saturated rings. The standard InChI is InChI=1S/C22H21FN6O/c1-2-9-29-19-12-15(21(24)26-14-30)6-7-18(19)27-20(29)13-28-10-8-25-22(28)16-4-3-5-17(23)11-16/h3-8,10-12,14H,2,9,13H2,1H3,(H2,24,26,30). The predicted octanol–water partition coefficient (Wildman–Crippen LogP) is 3.57. The first-order chi connectivity index (χ1) is 14.6. The van der Waals surface area contributed by atoms with E-state index in [0.717, 1.165) is 29.8 Å². The van der Waals surface area contributed by atoms with Gasteiger partial charge < -0.3 is 14.5 Å². The Bertz CT molecular complexity index is 1230. The first kappa shape index (κ1) is 19.5. The lowest BCUT2D eigenvalue weighted by atomic mass is 10.2. The number of fused-ring (bicyclic) bond motifs is 1. The third kappa shape index (κ3) is 3.71. The van der Waals surface area contributed by atoms with Gasteiger partial charge in [0.15, 0.2) is 0 Å². The van der Waals surface area contributed by atoms with Gasteiger partial charge in [-0.25, -0.2) is 14.4 Å². The van der Waals surface area contributed by atoms with E-state index in [1.165, 1.54) is 12.1 Å². The normalized spacial score (nSPS) is 11.0. The van der Waals surface area contributed by atoms with Gasteiger partial charge in [-0.05, 0) is 36.8 Å². The number of amidine groups is 1. The lowest BCUT2D eigenvalue weighted by Crippen LogP contribution is -2.21. The van der Waals surface area contributed by atoms with Crippen molar-refractivity contribution in [2.75, 3.05) is 0 Å². The minimum absolute atomic E-state index is 0.0423. The van der Waals surface area contributed by atoms with E-state index < -0.39 is 0 Å². The highest BCUT2D eigenvalue weighted by Crippen LogP contribution is 2.23. The highest BCUT2D eigenvalue weighted by atomic mass is 19.1. The molecular weight excluding hydrogens is 383 g/mol. The van der Waals surface area contributed by atoms with Crippen LogP contribution in [0.25, 0.3) is 22.4 Å². The van der Waals surface area contributed by atoms with Gasteiger partial charge in [-0.2, -0.15) is 0 Å². The lowest BCUT2D eigenvalue weighted by molar-refractivity contribution is -0.108. The van der Waals surface area contributed by atoms with Crippen LogP contribution < -0.4 is 5.32 Å². The fourth-order valence-corrected chi connectivity index (χ4v) is 3.54. The number of amides is 1. The molecule has 0 atom stereocenters. The fourth-order valence-electron chi connectivity index (χ4n) is 3.54. The van der Waals surface area contributed by atoms with E-state index in [4.69, 9.17) is 10.4 Å². The molecule has 30 heavy (non-hydrogen) atoms. The van der Waals surface area contributed by atoms with Crippen LogP contribution in [0.4, 0.5) is 4.39 Å². The van der Waals surface area contributed by atoms with Gasteiger partial charge in [0.2, 0.25) is 6.41 Å². The summed E-state index contributed by atoms with van der Waals surface area (Å²) in [5.41, 5.74) is 3.03. The van der Waals surface area contributed by atoms with Crippen molar-refractivity contribution >= 4 is 23.3 Å². The second-order valence-corrected chi connectivity index (χ2v) is 6.91. The molecule has 8 heteroatoms. The highest BCUT2D eigenvalue weighted by molar-refractivity contribution is 6.03. The molecule has 152 valence electrons. The number of rotatable bonds is 7. The highest BCUT2D eigenvalue weighted by Gasteiger charge is 2.15. The van der Waals surface area contributed by atoms with E-state index in [2.05, 4.69) is 21.8 Å². The van der Waals surface area contributed by atoms with Crippen molar-refractivity contribution < 1.29 is 9.18 Å². The summed E-state index contributed by atoms with van der Waals surface area (Å²) < 4.78 is 17.7. The molecule has 0 aliphatic heterocycles. The number of hydrogen-bond acceptors (Lipinski definition) is 4. The average Bonchev–Trinajstić information content (AvgIpc) is 3.33. The number of benzene rings is 2. The number of nitrogens with zero attached hydrogens (tertiary/aromatic N) is 4. The smallest absolute Gasteiger partial charge is 0.212 e. The van der Waals surface area contributed by atoms with Crippen molar-refractivity contribution in [2.45, 2.75) is 26.4 Å². The molecule has 2 N–H and O–H groups in total. The summed E-state index contributed by atoms with van der Waals surface area (Å²) in [6, 6.07) is 11.8. The molecule has 0 radical (unpaired) electrons. The van der Waals surface area contributed by atoms with Crippen LogP contribution in [0.15, 0.2) is 54.9 Å². The number of imidazole rings is 2. The Hall–Kier alpha value is -3.81. The lowest BCUT2D eigenvalue weighted by Gasteiger charge is -2.11. The predicted molar refractivity (Wildman–Crippen MR) is 113 cm³/mol. The molecule has 2 aromatic carbocycles. The Labute approximate surface area is 172 Å². The molecule has 0 aliphatic carbocycles. The third-order valence-corrected chi connectivity index (χ3v) is 4.88. The third-order valence-electron chi connectivity index (χ3n) is 4.88. The van der Waals surface area contributed by atoms with Gasteiger partial charge >= 0.3 is 0 Å². The van der Waals surface area contributed by atoms with E-state index >= 15 is 0 Å². The summed E-state index contributed by atoms with van der Waals surface area (Å²) in [5.74, 6) is 1.25. The SMILES string of the molecule is CCCn1c(Cn2ccnc2-c2cccc(F)c2)nc2ccc(C(=N)NC=O)cc21. The number of nitrogens with one attached hydrogen (secondary N) is 2. The molecular formula is C22H21FN6O. The molecule has 0 saturated carbocycles. The van der Waals surface area contributed by atoms with Gasteiger partial charge in [0.05, 0.1) is 17.6 Å². The van der Waals surface area contributed by atoms with E-state index in [-0.39, 0.29) is 11.7 Å². The van der Waals surface area contributed by atoms with E-state index in [1.807, 2.05) is 29.0 Å². The van der Waals surface area contributed by atoms with Crippen molar-refractivity contribution in [3.8, 4) is 11.4 Å². The van der Waals surface area contributed by atoms with Gasteiger partial charge in [0.25, 0.3) is 0 Å². The Morgan fingerprint density at radius 3 is 2.90 bits per heavy atom. The van der Waals surface area contributed by atoms with Crippen LogP contribution in [0.3, 0.4) is 0 Å². The molecule has 0 aliphatic rings. The Morgan fingerprint density at radius 2 is 2.13 bits per heavy atom. The molecule has 1 amide bonds. The van der Waals surface area contributed by atoms with Crippen molar-refractivity contribution in [1.29, 1.82) is 5.41 Å². The maximum Gasteiger partial charge on any atom is 0.212 e. The van der Waals surface area contributed by atoms with Crippen LogP contribution in [-0.2, 0) is 17.9 Å². The topological polar surface area (TPSA) is 88.6 Å². The van der Waals surface area contributed by atoms with Crippen molar-refractivity contribution in [3.05, 3.63) is 72.1 Å². The molecule has 4 aromatic rings. The number of halogens is 1. The van der Waals surface area contributed by atoms with E-state index in [9.17, 15) is 9.18 Å². The Morgan fingerprint density at radius 1 is 1.27 bits per heavy atom. The van der Waals surface area contributed by atoms with Gasteiger partial charge in [-0.1, -0.05) is 19.1 Å². The first-order valence-electron chi connectivity index (χ1n) is 9.66. The summed E-state index contributed by atoms with van der Waals surface area (Å²) in [7, 11) is 0. The molecule has 0 spiro atoms. The summed E-state index contributed by atoms with van der Waals surface area (Å²) in [4.78, 5) is 19.9. The fraction of sp³-hybridized carbons (Fsp3) is 0.182. The quantitative estimate of drug-likeness (QED) is 0.280. The van der Waals surface area contributed by atoms with Gasteiger partial charge in [0.1, 0.15) is 23.3 Å². The molecule has 7 nitrogen and oxygen atoms in total. The maximum absolute atomic E-state index is 13.7. The number of hydrogen-bond donors (Lipinski definition) is 2. The summed E-state index contributed by atoms with van der Waals surface area (Å²) in [6.45, 7) is 3.32. The Balaban J connectivity index is 1.75. The van der Waals surface area contributed by atoms with Gasteiger partial charge in [-0.15, -0.1) is 0 Å². The van der Waals surface area contributed by atoms with Crippen molar-refractivity contribution in [2.24, 2.45) is 0 Å². The minimum atomic E-state index is -0.306. The Kier molecular flexibility index (Phi) is 5.38. The van der Waals surface area contributed by atoms with Crippen LogP contribution >= 0.6 is 0 Å². The second kappa shape index (κ2) is 8.28. The molecule has 2 heterocycles. The summed E-state index contributed by atoms with van der Waals surface area (Å²) >= 11 is 0. The average molecular weight is 404 g/mol. The zero-order valence-corrected chi connectivity index (χ0v) is 16.5. The molecule has 4 rings (SSSR count). The number of carbonyl (C=O) groups excluding carboxylic acids is 1. The van der Waals surface area contributed by atoms with Gasteiger partial charge in [0, 0.05) is 30.1 Å². The summed E-state index contributed by atoms with van der Waals surface area (Å²) in [5, 5.41) is 10.3. The zero-order valence-electron chi connectivity index (χ0n) is 16.5.